The molecule has 6 heteroatoms. The molecule has 0 unspecified atom stereocenters. The lowest BCUT2D eigenvalue weighted by molar-refractivity contribution is 0.0474. The van der Waals surface area contributed by atoms with E-state index >= 15 is 0 Å². The van der Waals surface area contributed by atoms with Crippen LogP contribution in [0.15, 0.2) is 42.5 Å². The number of hydrogen-bond donors (Lipinski definition) is 0. The van der Waals surface area contributed by atoms with Gasteiger partial charge in [-0.1, -0.05) is 18.5 Å². The molecule has 0 atom stereocenters. The Morgan fingerprint density at radius 3 is 2.27 bits per heavy atom. The van der Waals surface area contributed by atoms with Crippen LogP contribution in [0, 0.1) is 0 Å². The molecule has 0 saturated carbocycles. The Bertz CT molecular complexity index is 755. The quantitative estimate of drug-likeness (QED) is 0.474. The first-order chi connectivity index (χ1) is 12.5. The first-order valence-corrected chi connectivity index (χ1v) is 8.78. The molecule has 138 valence electrons. The molecule has 0 aromatic heterocycles. The molecule has 5 nitrogen and oxygen atoms in total. The van der Waals surface area contributed by atoms with E-state index in [-0.39, 0.29) is 12.4 Å². The molecule has 0 bridgehead atoms. The zero-order chi connectivity index (χ0) is 18.9. The van der Waals surface area contributed by atoms with Crippen LogP contribution in [0.2, 0.25) is 5.02 Å². The normalized spacial score (nSPS) is 10.3. The molecular formula is C20H21ClO5. The number of carbonyl (C=O) groups excluding carboxylic acids is 2. The lowest BCUT2D eigenvalue weighted by atomic mass is 10.1. The Hall–Kier alpha value is -2.53. The summed E-state index contributed by atoms with van der Waals surface area (Å²) in [6.45, 7) is 4.50. The van der Waals surface area contributed by atoms with Crippen molar-refractivity contribution in [1.82, 2.24) is 0 Å². The van der Waals surface area contributed by atoms with Gasteiger partial charge in [-0.25, -0.2) is 4.79 Å². The van der Waals surface area contributed by atoms with Crippen molar-refractivity contribution >= 4 is 23.4 Å². The fraction of sp³-hybridized carbons (Fsp3) is 0.300. The molecule has 0 aliphatic carbocycles. The minimum atomic E-state index is -0.602. The van der Waals surface area contributed by atoms with Gasteiger partial charge in [-0.3, -0.25) is 4.79 Å². The molecule has 0 aliphatic heterocycles. The summed E-state index contributed by atoms with van der Waals surface area (Å²) in [6, 6.07) is 11.2. The number of ether oxygens (including phenoxy) is 3. The maximum Gasteiger partial charge on any atom is 0.338 e. The third-order valence-electron chi connectivity index (χ3n) is 3.44. The van der Waals surface area contributed by atoms with Crippen molar-refractivity contribution in [2.75, 3.05) is 19.8 Å². The molecule has 0 fully saturated rings. The second kappa shape index (κ2) is 9.82. The van der Waals surface area contributed by atoms with E-state index < -0.39 is 5.97 Å². The summed E-state index contributed by atoms with van der Waals surface area (Å²) < 4.78 is 16.2. The fourth-order valence-electron chi connectivity index (χ4n) is 2.17. The molecule has 0 N–H and O–H groups in total. The van der Waals surface area contributed by atoms with Crippen molar-refractivity contribution < 1.29 is 23.8 Å². The maximum absolute atomic E-state index is 12.2. The number of hydrogen-bond acceptors (Lipinski definition) is 5. The maximum atomic E-state index is 12.2. The third kappa shape index (κ3) is 5.49. The van der Waals surface area contributed by atoms with Gasteiger partial charge in [0.15, 0.2) is 23.9 Å². The largest absolute Gasteiger partial charge is 0.490 e. The van der Waals surface area contributed by atoms with Crippen LogP contribution in [0.4, 0.5) is 0 Å². The number of Topliss-reactive ketones (excluding diaryl/α,β-unsaturated/α-hetero) is 1. The minimum Gasteiger partial charge on any atom is -0.490 e. The number of rotatable bonds is 9. The SMILES string of the molecule is CCCOc1ccc(C(=O)OCC(=O)c2ccc(Cl)cc2)cc1OCC. The van der Waals surface area contributed by atoms with Gasteiger partial charge in [-0.05, 0) is 55.8 Å². The molecule has 0 radical (unpaired) electrons. The number of esters is 1. The summed E-state index contributed by atoms with van der Waals surface area (Å²) in [5.74, 6) is 0.139. The highest BCUT2D eigenvalue weighted by Gasteiger charge is 2.15. The second-order valence-electron chi connectivity index (χ2n) is 5.45. The van der Waals surface area contributed by atoms with Crippen molar-refractivity contribution in [3.8, 4) is 11.5 Å². The van der Waals surface area contributed by atoms with Crippen LogP contribution >= 0.6 is 11.6 Å². The third-order valence-corrected chi connectivity index (χ3v) is 3.69. The average molecular weight is 377 g/mol. The molecule has 2 aromatic carbocycles. The Balaban J connectivity index is 2.02. The minimum absolute atomic E-state index is 0.293. The number of benzene rings is 2. The summed E-state index contributed by atoms with van der Waals surface area (Å²) in [4.78, 5) is 24.3. The van der Waals surface area contributed by atoms with Crippen LogP contribution in [0.5, 0.6) is 11.5 Å². The molecule has 2 aromatic rings. The van der Waals surface area contributed by atoms with Gasteiger partial charge in [0.05, 0.1) is 18.8 Å². The Morgan fingerprint density at radius 1 is 0.923 bits per heavy atom. The van der Waals surface area contributed by atoms with Crippen molar-refractivity contribution in [3.05, 3.63) is 58.6 Å². The van der Waals surface area contributed by atoms with Gasteiger partial charge in [0.25, 0.3) is 0 Å². The molecule has 0 aliphatic rings. The van der Waals surface area contributed by atoms with Crippen LogP contribution in [0.3, 0.4) is 0 Å². The summed E-state index contributed by atoms with van der Waals surface area (Å²) in [7, 11) is 0. The molecule has 2 rings (SSSR count). The van der Waals surface area contributed by atoms with Gasteiger partial charge in [0, 0.05) is 10.6 Å². The molecule has 26 heavy (non-hydrogen) atoms. The van der Waals surface area contributed by atoms with Crippen LogP contribution in [0.25, 0.3) is 0 Å². The number of ketones is 1. The van der Waals surface area contributed by atoms with Crippen molar-refractivity contribution in [2.24, 2.45) is 0 Å². The lowest BCUT2D eigenvalue weighted by Crippen LogP contribution is -2.14. The van der Waals surface area contributed by atoms with E-state index in [1.807, 2.05) is 13.8 Å². The zero-order valence-corrected chi connectivity index (χ0v) is 15.5. The molecule has 0 spiro atoms. The summed E-state index contributed by atoms with van der Waals surface area (Å²) in [5.41, 5.74) is 0.724. The molecule has 0 heterocycles. The highest BCUT2D eigenvalue weighted by Crippen LogP contribution is 2.29. The van der Waals surface area contributed by atoms with E-state index in [4.69, 9.17) is 25.8 Å². The highest BCUT2D eigenvalue weighted by molar-refractivity contribution is 6.30. The Morgan fingerprint density at radius 2 is 1.62 bits per heavy atom. The average Bonchev–Trinajstić information content (AvgIpc) is 2.65. The van der Waals surface area contributed by atoms with Crippen molar-refractivity contribution in [2.45, 2.75) is 20.3 Å². The smallest absolute Gasteiger partial charge is 0.338 e. The van der Waals surface area contributed by atoms with Gasteiger partial charge in [-0.2, -0.15) is 0 Å². The highest BCUT2D eigenvalue weighted by atomic mass is 35.5. The van der Waals surface area contributed by atoms with Crippen molar-refractivity contribution in [3.63, 3.8) is 0 Å². The van der Waals surface area contributed by atoms with Crippen molar-refractivity contribution in [1.29, 1.82) is 0 Å². The predicted molar refractivity (Wildman–Crippen MR) is 99.5 cm³/mol. The standard InChI is InChI=1S/C20H21ClO5/c1-3-11-25-18-10-7-15(12-19(18)24-4-2)20(23)26-13-17(22)14-5-8-16(21)9-6-14/h5-10,12H,3-4,11,13H2,1-2H3. The lowest BCUT2D eigenvalue weighted by Gasteiger charge is -2.12. The van der Waals surface area contributed by atoms with Crippen LogP contribution in [-0.4, -0.2) is 31.6 Å². The van der Waals surface area contributed by atoms with E-state index in [1.165, 1.54) is 0 Å². The van der Waals surface area contributed by atoms with E-state index in [0.29, 0.717) is 40.9 Å². The van der Waals surface area contributed by atoms with E-state index in [9.17, 15) is 9.59 Å². The Kier molecular flexibility index (Phi) is 7.48. The van der Waals surface area contributed by atoms with Crippen LogP contribution in [0.1, 0.15) is 41.0 Å². The molecule has 0 saturated heterocycles. The van der Waals surface area contributed by atoms with Gasteiger partial charge < -0.3 is 14.2 Å². The topological polar surface area (TPSA) is 61.8 Å². The fourth-order valence-corrected chi connectivity index (χ4v) is 2.29. The monoisotopic (exact) mass is 376 g/mol. The van der Waals surface area contributed by atoms with Crippen LogP contribution in [-0.2, 0) is 4.74 Å². The number of carbonyl (C=O) groups is 2. The summed E-state index contributed by atoms with van der Waals surface area (Å²) in [5, 5.41) is 0.535. The zero-order valence-electron chi connectivity index (χ0n) is 14.8. The van der Waals surface area contributed by atoms with E-state index in [0.717, 1.165) is 6.42 Å². The second-order valence-corrected chi connectivity index (χ2v) is 5.89. The van der Waals surface area contributed by atoms with Gasteiger partial charge in [0.2, 0.25) is 0 Å². The summed E-state index contributed by atoms with van der Waals surface area (Å²) in [6.07, 6.45) is 0.863. The predicted octanol–water partition coefficient (Wildman–Crippen LogP) is 4.57. The summed E-state index contributed by atoms with van der Waals surface area (Å²) >= 11 is 5.79. The van der Waals surface area contributed by atoms with Gasteiger partial charge in [0.1, 0.15) is 0 Å². The number of halogens is 1. The van der Waals surface area contributed by atoms with Gasteiger partial charge >= 0.3 is 5.97 Å². The first kappa shape index (κ1) is 19.8. The van der Waals surface area contributed by atoms with E-state index in [1.54, 1.807) is 42.5 Å². The molecular weight excluding hydrogens is 356 g/mol. The Labute approximate surface area is 157 Å². The van der Waals surface area contributed by atoms with E-state index in [2.05, 4.69) is 0 Å². The van der Waals surface area contributed by atoms with Gasteiger partial charge in [-0.15, -0.1) is 0 Å². The first-order valence-electron chi connectivity index (χ1n) is 8.40. The molecule has 0 amide bonds. The van der Waals surface area contributed by atoms with Crippen LogP contribution < -0.4 is 9.47 Å².